The van der Waals surface area contributed by atoms with Crippen molar-refractivity contribution in [1.29, 1.82) is 0 Å². The van der Waals surface area contributed by atoms with Crippen LogP contribution in [-0.4, -0.2) is 40.9 Å². The van der Waals surface area contributed by atoms with Crippen molar-refractivity contribution >= 4 is 29.5 Å². The van der Waals surface area contributed by atoms with Crippen LogP contribution in [0.5, 0.6) is 0 Å². The molecule has 0 radical (unpaired) electrons. The van der Waals surface area contributed by atoms with Gasteiger partial charge in [0.05, 0.1) is 23.6 Å². The van der Waals surface area contributed by atoms with Crippen LogP contribution in [0, 0.1) is 25.7 Å². The third-order valence-electron chi connectivity index (χ3n) is 6.21. The number of carbonyl (C=O) groups is 3. The molecule has 3 aliphatic rings. The molecule has 0 saturated carbocycles. The second-order valence-electron chi connectivity index (χ2n) is 8.05. The van der Waals surface area contributed by atoms with Gasteiger partial charge in [-0.25, -0.2) is 4.90 Å². The van der Waals surface area contributed by atoms with Gasteiger partial charge >= 0.3 is 0 Å². The fraction of sp³-hybridized carbons (Fsp3) is 0.250. The first-order valence-corrected chi connectivity index (χ1v) is 10.0. The lowest BCUT2D eigenvalue weighted by atomic mass is 9.86. The summed E-state index contributed by atoms with van der Waals surface area (Å²) in [5.41, 5.74) is 3.02. The van der Waals surface area contributed by atoms with Gasteiger partial charge < -0.3 is 0 Å². The zero-order chi connectivity index (χ0) is 21.0. The van der Waals surface area contributed by atoms with Gasteiger partial charge in [-0.15, -0.1) is 0 Å². The Morgan fingerprint density at radius 2 is 1.70 bits per heavy atom. The maximum absolute atomic E-state index is 13.6. The number of aryl methyl sites for hydroxylation is 2. The number of allylic oxidation sites excluding steroid dienone is 1. The minimum absolute atomic E-state index is 0.191. The number of benzene rings is 2. The summed E-state index contributed by atoms with van der Waals surface area (Å²) in [6, 6.07) is 13.3. The minimum atomic E-state index is -0.809. The van der Waals surface area contributed by atoms with Crippen LogP contribution < -0.4 is 4.90 Å². The highest BCUT2D eigenvalue weighted by Crippen LogP contribution is 2.46. The van der Waals surface area contributed by atoms with Crippen molar-refractivity contribution in [3.05, 3.63) is 77.4 Å². The topological polar surface area (TPSA) is 70.1 Å². The van der Waals surface area contributed by atoms with E-state index < -0.39 is 23.9 Å². The summed E-state index contributed by atoms with van der Waals surface area (Å²) in [5, 5.41) is 6.01. The molecule has 2 fully saturated rings. The molecule has 2 aromatic rings. The Kier molecular flexibility index (Phi) is 4.17. The van der Waals surface area contributed by atoms with Gasteiger partial charge in [0.1, 0.15) is 6.04 Å². The lowest BCUT2D eigenvalue weighted by Gasteiger charge is -2.30. The molecule has 6 heteroatoms. The van der Waals surface area contributed by atoms with Crippen LogP contribution >= 0.6 is 0 Å². The molecule has 3 aliphatic heterocycles. The lowest BCUT2D eigenvalue weighted by molar-refractivity contribution is -0.123. The number of fused-ring (bicyclic) bond motifs is 3. The highest BCUT2D eigenvalue weighted by Gasteiger charge is 2.64. The van der Waals surface area contributed by atoms with Crippen molar-refractivity contribution in [2.75, 3.05) is 4.90 Å². The third-order valence-corrected chi connectivity index (χ3v) is 6.21. The van der Waals surface area contributed by atoms with Crippen LogP contribution in [0.3, 0.4) is 0 Å². The van der Waals surface area contributed by atoms with Crippen molar-refractivity contribution in [2.24, 2.45) is 16.9 Å². The van der Waals surface area contributed by atoms with E-state index in [1.807, 2.05) is 44.2 Å². The molecule has 3 heterocycles. The highest BCUT2D eigenvalue weighted by molar-refractivity contribution is 6.25. The predicted octanol–water partition coefficient (Wildman–Crippen LogP) is 2.90. The quantitative estimate of drug-likeness (QED) is 0.588. The summed E-state index contributed by atoms with van der Waals surface area (Å²) in [6.07, 6.45) is 5.23. The number of Topliss-reactive ketones (excluding diaryl/α,β-unsaturated/α-hetero) is 1. The average molecular weight is 399 g/mol. The molecule has 0 N–H and O–H groups in total. The fourth-order valence-corrected chi connectivity index (χ4v) is 4.90. The molecule has 150 valence electrons. The van der Waals surface area contributed by atoms with Crippen molar-refractivity contribution in [2.45, 2.75) is 25.9 Å². The number of nitrogens with zero attached hydrogens (tertiary/aromatic N) is 3. The Morgan fingerprint density at radius 3 is 2.43 bits per heavy atom. The van der Waals surface area contributed by atoms with Crippen LogP contribution in [0.25, 0.3) is 0 Å². The van der Waals surface area contributed by atoms with Gasteiger partial charge in [0.2, 0.25) is 11.8 Å². The van der Waals surface area contributed by atoms with Crippen LogP contribution in [-0.2, 0) is 9.59 Å². The Morgan fingerprint density at radius 1 is 0.967 bits per heavy atom. The van der Waals surface area contributed by atoms with E-state index in [2.05, 4.69) is 5.10 Å². The molecular weight excluding hydrogens is 378 g/mol. The molecule has 6 nitrogen and oxygen atoms in total. The van der Waals surface area contributed by atoms with Crippen molar-refractivity contribution < 1.29 is 14.4 Å². The molecule has 0 bridgehead atoms. The van der Waals surface area contributed by atoms with E-state index in [4.69, 9.17) is 0 Å². The number of anilines is 1. The number of carbonyl (C=O) groups excluding carboxylic acids is 3. The molecular formula is C24H21N3O3. The van der Waals surface area contributed by atoms with Crippen molar-refractivity contribution in [1.82, 2.24) is 5.01 Å². The Balaban J connectivity index is 1.60. The molecule has 0 aromatic heterocycles. The SMILES string of the molecule is Cc1ccc(N2C(=O)[C@H]3[C@@H](C2=O)C2C=CC=NN2[C@H]3C(=O)c2ccccc2)c(C)c1. The molecule has 4 atom stereocenters. The number of hydrazone groups is 1. The summed E-state index contributed by atoms with van der Waals surface area (Å²) in [6.45, 7) is 3.86. The first-order chi connectivity index (χ1) is 14.5. The number of rotatable bonds is 3. The number of amides is 2. The second-order valence-corrected chi connectivity index (χ2v) is 8.05. The molecule has 0 aliphatic carbocycles. The van der Waals surface area contributed by atoms with Crippen LogP contribution in [0.1, 0.15) is 21.5 Å². The summed E-state index contributed by atoms with van der Waals surface area (Å²) < 4.78 is 0. The summed E-state index contributed by atoms with van der Waals surface area (Å²) in [5.74, 6) is -2.19. The van der Waals surface area contributed by atoms with E-state index in [1.54, 1.807) is 41.6 Å². The maximum atomic E-state index is 13.6. The van der Waals surface area contributed by atoms with Crippen LogP contribution in [0.15, 0.2) is 65.8 Å². The Bertz CT molecular complexity index is 1120. The van der Waals surface area contributed by atoms with Crippen molar-refractivity contribution in [3.63, 3.8) is 0 Å². The van der Waals surface area contributed by atoms with E-state index >= 15 is 0 Å². The summed E-state index contributed by atoms with van der Waals surface area (Å²) >= 11 is 0. The molecule has 5 rings (SSSR count). The molecule has 2 saturated heterocycles. The summed E-state index contributed by atoms with van der Waals surface area (Å²) in [4.78, 5) is 41.8. The third kappa shape index (κ3) is 2.56. The van der Waals surface area contributed by atoms with Crippen LogP contribution in [0.2, 0.25) is 0 Å². The Labute approximate surface area is 174 Å². The lowest BCUT2D eigenvalue weighted by Crippen LogP contribution is -2.46. The zero-order valence-corrected chi connectivity index (χ0v) is 16.7. The van der Waals surface area contributed by atoms with E-state index in [9.17, 15) is 14.4 Å². The normalized spacial score (nSPS) is 26.9. The van der Waals surface area contributed by atoms with Crippen LogP contribution in [0.4, 0.5) is 5.69 Å². The first-order valence-electron chi connectivity index (χ1n) is 10.0. The molecule has 30 heavy (non-hydrogen) atoms. The molecule has 2 aromatic carbocycles. The van der Waals surface area contributed by atoms with E-state index in [0.717, 1.165) is 11.1 Å². The largest absolute Gasteiger partial charge is 0.292 e. The van der Waals surface area contributed by atoms with E-state index in [1.165, 1.54) is 4.90 Å². The monoisotopic (exact) mass is 399 g/mol. The summed E-state index contributed by atoms with van der Waals surface area (Å²) in [7, 11) is 0. The van der Waals surface area contributed by atoms with Gasteiger partial charge in [-0.1, -0.05) is 54.1 Å². The van der Waals surface area contributed by atoms with Gasteiger partial charge in [-0.3, -0.25) is 19.4 Å². The highest BCUT2D eigenvalue weighted by atomic mass is 16.2. The second kappa shape index (κ2) is 6.76. The zero-order valence-electron chi connectivity index (χ0n) is 16.7. The smallest absolute Gasteiger partial charge is 0.240 e. The van der Waals surface area contributed by atoms with Gasteiger partial charge in [-0.05, 0) is 31.6 Å². The molecule has 0 spiro atoms. The Hall–Kier alpha value is -3.54. The van der Waals surface area contributed by atoms with Crippen molar-refractivity contribution in [3.8, 4) is 0 Å². The molecule has 1 unspecified atom stereocenters. The number of hydrogen-bond acceptors (Lipinski definition) is 5. The predicted molar refractivity (Wildman–Crippen MR) is 113 cm³/mol. The van der Waals surface area contributed by atoms with Gasteiger partial charge in [0.25, 0.3) is 0 Å². The minimum Gasteiger partial charge on any atom is -0.292 e. The van der Waals surface area contributed by atoms with Gasteiger partial charge in [-0.2, -0.15) is 5.10 Å². The molecule has 2 amide bonds. The van der Waals surface area contributed by atoms with E-state index in [0.29, 0.717) is 11.3 Å². The standard InChI is InChI=1S/C24H21N3O3/c1-14-10-11-17(15(2)13-14)26-23(29)19-18-9-6-12-25-27(18)21(20(19)24(26)30)22(28)16-7-4-3-5-8-16/h3-13,18-21H,1-2H3/t18?,19-,20-,21+/m0/s1. The fourth-order valence-electron chi connectivity index (χ4n) is 4.90. The van der Waals surface area contributed by atoms with Gasteiger partial charge in [0.15, 0.2) is 5.78 Å². The average Bonchev–Trinajstić information content (AvgIpc) is 3.22. The number of imide groups is 1. The number of hydrogen-bond donors (Lipinski definition) is 0. The van der Waals surface area contributed by atoms with Gasteiger partial charge in [0, 0.05) is 11.8 Å². The number of ketones is 1. The first kappa shape index (κ1) is 18.5. The van der Waals surface area contributed by atoms with E-state index in [-0.39, 0.29) is 17.6 Å². The maximum Gasteiger partial charge on any atom is 0.240 e.